The summed E-state index contributed by atoms with van der Waals surface area (Å²) < 4.78 is 101. The van der Waals surface area contributed by atoms with Gasteiger partial charge < -0.3 is 15.0 Å². The molecular formula is C48H39NO12S5. The van der Waals surface area contributed by atoms with E-state index >= 15 is 0 Å². The van der Waals surface area contributed by atoms with Crippen molar-refractivity contribution in [3.05, 3.63) is 184 Å². The average molecular weight is 982 g/mol. The quantitative estimate of drug-likeness (QED) is 0.0490. The fourth-order valence-electron chi connectivity index (χ4n) is 7.28. The summed E-state index contributed by atoms with van der Waals surface area (Å²) in [4.78, 5) is 28.8. The van der Waals surface area contributed by atoms with Gasteiger partial charge in [0.15, 0.2) is 5.41 Å². The molecule has 7 rings (SSSR count). The first-order valence-corrected chi connectivity index (χ1v) is 25.8. The number of benzene rings is 4. The third-order valence-corrected chi connectivity index (χ3v) is 15.3. The molecule has 4 N–H and O–H groups in total. The number of allylic oxidation sites excluding steroid dienone is 9. The minimum Gasteiger partial charge on any atom is -0.744 e. The number of nitrogens with one attached hydrogen (secondary N) is 1. The number of rotatable bonds is 13. The smallest absolute Gasteiger partial charge is 0.319 e. The molecule has 1 amide bonds. The highest BCUT2D eigenvalue weighted by atomic mass is 32.2. The summed E-state index contributed by atoms with van der Waals surface area (Å²) in [6.07, 6.45) is 12.2. The maximum Gasteiger partial charge on any atom is 0.319 e. The van der Waals surface area contributed by atoms with Crippen LogP contribution in [0.4, 0.5) is 0 Å². The molecule has 18 heteroatoms. The van der Waals surface area contributed by atoms with E-state index in [0.717, 1.165) is 20.9 Å². The van der Waals surface area contributed by atoms with Gasteiger partial charge in [0.2, 0.25) is 27.0 Å². The van der Waals surface area contributed by atoms with Gasteiger partial charge in [0.25, 0.3) is 20.2 Å². The molecule has 0 bridgehead atoms. The van der Waals surface area contributed by atoms with Gasteiger partial charge >= 0.3 is 5.97 Å². The highest BCUT2D eigenvalue weighted by Gasteiger charge is 2.48. The van der Waals surface area contributed by atoms with Gasteiger partial charge in [-0.25, -0.2) is 8.42 Å². The van der Waals surface area contributed by atoms with Crippen LogP contribution >= 0.6 is 23.1 Å². The second kappa shape index (κ2) is 19.4. The third kappa shape index (κ3) is 11.3. The van der Waals surface area contributed by atoms with Gasteiger partial charge in [0.05, 0.1) is 14.7 Å². The molecule has 2 aliphatic rings. The maximum atomic E-state index is 13.7. The molecule has 1 aliphatic carbocycles. The SMILES string of the molecule is CCNC(=O)C1(C(=O)O)CC(/C=C/c2cc(-c3ccc(S(=O)(=O)[O-])cc3)cc(-c3ccccc3)[s+]2)=CC(=C/C=C2\C=C(c3ccc(S(=O)(=O)O)cc3)C=C(c3ccc(S(=O)(=O)O)cc3)S2)/C1. The zero-order chi connectivity index (χ0) is 47.4. The zero-order valence-corrected chi connectivity index (χ0v) is 38.8. The molecule has 13 nitrogen and oxygen atoms in total. The lowest BCUT2D eigenvalue weighted by molar-refractivity contribution is -0.156. The Morgan fingerprint density at radius 2 is 1.29 bits per heavy atom. The lowest BCUT2D eigenvalue weighted by Crippen LogP contribution is -2.48. The van der Waals surface area contributed by atoms with Crippen LogP contribution in [0.1, 0.15) is 35.8 Å². The van der Waals surface area contributed by atoms with Crippen molar-refractivity contribution >= 4 is 81.9 Å². The van der Waals surface area contributed by atoms with Crippen molar-refractivity contribution < 1.29 is 53.6 Å². The summed E-state index contributed by atoms with van der Waals surface area (Å²) in [6.45, 7) is 1.89. The Kier molecular flexibility index (Phi) is 14.1. The first-order valence-electron chi connectivity index (χ1n) is 19.9. The summed E-state index contributed by atoms with van der Waals surface area (Å²) in [7, 11) is -13.6. The molecule has 1 aromatic heterocycles. The van der Waals surface area contributed by atoms with E-state index in [9.17, 15) is 53.6 Å². The largest absolute Gasteiger partial charge is 0.744 e. The van der Waals surface area contributed by atoms with Crippen molar-refractivity contribution in [3.63, 3.8) is 0 Å². The average Bonchev–Trinajstić information content (AvgIpc) is 3.29. The van der Waals surface area contributed by atoms with Gasteiger partial charge in [-0.2, -0.15) is 16.8 Å². The number of carbonyl (C=O) groups excluding carboxylic acids is 1. The number of aliphatic carboxylic acids is 1. The monoisotopic (exact) mass is 981 g/mol. The molecule has 4 aromatic carbocycles. The van der Waals surface area contributed by atoms with E-state index in [1.165, 1.54) is 83.8 Å². The van der Waals surface area contributed by atoms with Crippen LogP contribution < -0.4 is 5.32 Å². The van der Waals surface area contributed by atoms with Crippen molar-refractivity contribution in [2.75, 3.05) is 6.54 Å². The molecule has 0 fully saturated rings. The zero-order valence-electron chi connectivity index (χ0n) is 34.7. The number of carboxylic acids is 1. The Morgan fingerprint density at radius 3 is 1.86 bits per heavy atom. The minimum absolute atomic E-state index is 0.135. The van der Waals surface area contributed by atoms with Gasteiger partial charge in [-0.1, -0.05) is 84.6 Å². The predicted octanol–water partition coefficient (Wildman–Crippen LogP) is 9.38. The fraction of sp³-hybridized carbons (Fsp3) is 0.104. The first-order chi connectivity index (χ1) is 31.2. The second-order valence-electron chi connectivity index (χ2n) is 15.1. The van der Waals surface area contributed by atoms with Gasteiger partial charge in [0, 0.05) is 40.1 Å². The Balaban J connectivity index is 1.31. The Hall–Kier alpha value is -6.09. The van der Waals surface area contributed by atoms with Crippen LogP contribution in [-0.2, 0) is 39.9 Å². The maximum absolute atomic E-state index is 13.7. The first kappa shape index (κ1) is 47.9. The number of amides is 1. The number of hydrogen-bond donors (Lipinski definition) is 4. The minimum atomic E-state index is -4.66. The standard InChI is InChI=1S/C48H39NO12S5/c1-2-49-46(50)48(47(51)52)29-31(8-16-39-25-37(27-44(62-39)35-6-4-3-5-7-35)33-10-18-41(19-11-33)64(53,54)55)24-32(30-48)9-17-40-26-38(34-12-20-42(21-13-34)65(56,57)58)28-45(63-40)36-14-22-43(23-15-36)66(59,60)61/h3-28H,2,29-30H2,1H3,(H4-,49,50,51,52,53,54,55,56,57,58,59,60,61). The third-order valence-electron chi connectivity index (χ3n) is 10.6. The summed E-state index contributed by atoms with van der Waals surface area (Å²) >= 11 is 2.75. The van der Waals surface area contributed by atoms with Gasteiger partial charge in [-0.05, 0) is 125 Å². The normalized spacial score (nSPS) is 18.2. The van der Waals surface area contributed by atoms with Gasteiger partial charge in [-0.15, -0.1) is 0 Å². The molecule has 5 aromatic rings. The van der Waals surface area contributed by atoms with Crippen LogP contribution in [-0.4, -0.2) is 62.4 Å². The van der Waals surface area contributed by atoms with Gasteiger partial charge in [0.1, 0.15) is 10.1 Å². The van der Waals surface area contributed by atoms with Crippen LogP contribution in [0.5, 0.6) is 0 Å². The van der Waals surface area contributed by atoms with E-state index in [1.807, 2.05) is 60.7 Å². The van der Waals surface area contributed by atoms with Crippen molar-refractivity contribution in [1.29, 1.82) is 0 Å². The molecule has 0 spiro atoms. The van der Waals surface area contributed by atoms with Crippen LogP contribution in [0.25, 0.3) is 38.1 Å². The molecule has 2 heterocycles. The Labute approximate surface area is 390 Å². The van der Waals surface area contributed by atoms with E-state index in [4.69, 9.17) is 0 Å². The van der Waals surface area contributed by atoms with Crippen LogP contribution in [0.3, 0.4) is 0 Å². The summed E-state index contributed by atoms with van der Waals surface area (Å²) in [6, 6.07) is 30.1. The molecule has 338 valence electrons. The predicted molar refractivity (Wildman–Crippen MR) is 255 cm³/mol. The highest BCUT2D eigenvalue weighted by Crippen LogP contribution is 2.44. The van der Waals surface area contributed by atoms with E-state index in [0.29, 0.717) is 43.2 Å². The lowest BCUT2D eigenvalue weighted by Gasteiger charge is -2.32. The highest BCUT2D eigenvalue weighted by molar-refractivity contribution is 8.12. The van der Waals surface area contributed by atoms with E-state index in [-0.39, 0.29) is 34.1 Å². The molecule has 1 unspecified atom stereocenters. The molecule has 1 aliphatic heterocycles. The van der Waals surface area contributed by atoms with Crippen molar-refractivity contribution in [1.82, 2.24) is 5.32 Å². The number of carboxylic acid groups (broad SMARTS) is 1. The Bertz CT molecular complexity index is 3270. The van der Waals surface area contributed by atoms with Crippen LogP contribution in [0, 0.1) is 5.41 Å². The van der Waals surface area contributed by atoms with Crippen molar-refractivity contribution in [2.24, 2.45) is 5.41 Å². The molecule has 0 saturated heterocycles. The molecule has 66 heavy (non-hydrogen) atoms. The molecule has 1 atom stereocenters. The van der Waals surface area contributed by atoms with Crippen LogP contribution in [0.2, 0.25) is 0 Å². The fourth-order valence-corrected chi connectivity index (χ4v) is 10.7. The summed E-state index contributed by atoms with van der Waals surface area (Å²) in [5, 5.41) is 13.4. The lowest BCUT2D eigenvalue weighted by atomic mass is 9.71. The number of carbonyl (C=O) groups is 2. The Morgan fingerprint density at radius 1 is 0.697 bits per heavy atom. The second-order valence-corrected chi connectivity index (χ2v) is 21.6. The van der Waals surface area contributed by atoms with Crippen molar-refractivity contribution in [2.45, 2.75) is 34.5 Å². The number of hydrogen-bond acceptors (Lipinski definition) is 10. The van der Waals surface area contributed by atoms with Crippen molar-refractivity contribution in [3.8, 4) is 21.6 Å². The molecule has 0 radical (unpaired) electrons. The van der Waals surface area contributed by atoms with Crippen LogP contribution in [0.15, 0.2) is 182 Å². The summed E-state index contributed by atoms with van der Waals surface area (Å²) in [5.74, 6) is -1.97. The summed E-state index contributed by atoms with van der Waals surface area (Å²) in [5.41, 5.74) is 3.24. The van der Waals surface area contributed by atoms with E-state index in [1.54, 1.807) is 43.4 Å². The molecule has 0 saturated carbocycles. The van der Waals surface area contributed by atoms with Gasteiger partial charge in [-0.3, -0.25) is 18.7 Å². The van der Waals surface area contributed by atoms with E-state index in [2.05, 4.69) is 5.32 Å². The topological polar surface area (TPSA) is 232 Å². The van der Waals surface area contributed by atoms with E-state index < -0.39 is 47.6 Å². The number of thioether (sulfide) groups is 1. The molecular weight excluding hydrogens is 943 g/mol.